The largest absolute Gasteiger partial charge is 0.462 e. The molecule has 1 N–H and O–H groups in total. The SMILES string of the molecule is CC(C)OC(=O)C1CCC(CCN(C(C)C)C2COC2)N1. The minimum absolute atomic E-state index is 0.0339. The summed E-state index contributed by atoms with van der Waals surface area (Å²) in [5.41, 5.74) is 0. The molecule has 2 heterocycles. The topological polar surface area (TPSA) is 50.8 Å². The Labute approximate surface area is 128 Å². The van der Waals surface area contributed by atoms with Gasteiger partial charge in [-0.25, -0.2) is 0 Å². The number of carbonyl (C=O) groups excluding carboxylic acids is 1. The molecule has 0 aromatic carbocycles. The third kappa shape index (κ3) is 4.66. The number of esters is 1. The van der Waals surface area contributed by atoms with Gasteiger partial charge in [0.05, 0.1) is 25.4 Å². The van der Waals surface area contributed by atoms with Crippen LogP contribution >= 0.6 is 0 Å². The Morgan fingerprint density at radius 3 is 2.52 bits per heavy atom. The Morgan fingerprint density at radius 2 is 2.00 bits per heavy atom. The van der Waals surface area contributed by atoms with Gasteiger partial charge in [0.25, 0.3) is 0 Å². The van der Waals surface area contributed by atoms with Gasteiger partial charge < -0.3 is 14.8 Å². The summed E-state index contributed by atoms with van der Waals surface area (Å²) in [6.45, 7) is 11.1. The van der Waals surface area contributed by atoms with Crippen LogP contribution in [0.3, 0.4) is 0 Å². The van der Waals surface area contributed by atoms with E-state index >= 15 is 0 Å². The predicted molar refractivity (Wildman–Crippen MR) is 82.2 cm³/mol. The molecule has 2 unspecified atom stereocenters. The number of hydrogen-bond acceptors (Lipinski definition) is 5. The summed E-state index contributed by atoms with van der Waals surface area (Å²) in [4.78, 5) is 14.4. The maximum absolute atomic E-state index is 11.9. The highest BCUT2D eigenvalue weighted by Gasteiger charge is 2.32. The molecule has 0 spiro atoms. The second kappa shape index (κ2) is 7.56. The van der Waals surface area contributed by atoms with Crippen molar-refractivity contribution in [2.75, 3.05) is 19.8 Å². The van der Waals surface area contributed by atoms with E-state index in [9.17, 15) is 4.79 Å². The van der Waals surface area contributed by atoms with Crippen LogP contribution in [-0.2, 0) is 14.3 Å². The lowest BCUT2D eigenvalue weighted by atomic mass is 10.1. The quantitative estimate of drug-likeness (QED) is 0.723. The fourth-order valence-electron chi connectivity index (χ4n) is 3.13. The number of hydrogen-bond donors (Lipinski definition) is 1. The molecule has 0 aliphatic carbocycles. The molecule has 0 bridgehead atoms. The first kappa shape index (κ1) is 16.7. The van der Waals surface area contributed by atoms with Crippen LogP contribution in [0.15, 0.2) is 0 Å². The zero-order valence-corrected chi connectivity index (χ0v) is 13.8. The van der Waals surface area contributed by atoms with Crippen molar-refractivity contribution in [3.8, 4) is 0 Å². The first-order chi connectivity index (χ1) is 9.97. The Kier molecular flexibility index (Phi) is 6.02. The number of nitrogens with zero attached hydrogens (tertiary/aromatic N) is 1. The summed E-state index contributed by atoms with van der Waals surface area (Å²) >= 11 is 0. The van der Waals surface area contributed by atoms with Crippen LogP contribution < -0.4 is 5.32 Å². The van der Waals surface area contributed by atoms with E-state index < -0.39 is 0 Å². The maximum atomic E-state index is 11.9. The average molecular weight is 298 g/mol. The van der Waals surface area contributed by atoms with Crippen molar-refractivity contribution < 1.29 is 14.3 Å². The number of ether oxygens (including phenoxy) is 2. The Hall–Kier alpha value is -0.650. The van der Waals surface area contributed by atoms with E-state index in [0.29, 0.717) is 18.1 Å². The molecule has 2 aliphatic rings. The summed E-state index contributed by atoms with van der Waals surface area (Å²) in [5, 5.41) is 3.43. The van der Waals surface area contributed by atoms with Gasteiger partial charge in [-0.05, 0) is 47.0 Å². The molecule has 2 rings (SSSR count). The van der Waals surface area contributed by atoms with Crippen LogP contribution in [0.2, 0.25) is 0 Å². The van der Waals surface area contributed by atoms with E-state index in [1.54, 1.807) is 0 Å². The van der Waals surface area contributed by atoms with Crippen molar-refractivity contribution >= 4 is 5.97 Å². The monoisotopic (exact) mass is 298 g/mol. The summed E-state index contributed by atoms with van der Waals surface area (Å²) in [6, 6.07) is 1.43. The smallest absolute Gasteiger partial charge is 0.323 e. The fourth-order valence-corrected chi connectivity index (χ4v) is 3.13. The van der Waals surface area contributed by atoms with Gasteiger partial charge in [-0.2, -0.15) is 0 Å². The van der Waals surface area contributed by atoms with Gasteiger partial charge >= 0.3 is 5.97 Å². The lowest BCUT2D eigenvalue weighted by molar-refractivity contribution is -0.149. The molecule has 0 radical (unpaired) electrons. The lowest BCUT2D eigenvalue weighted by Crippen LogP contribution is -2.53. The van der Waals surface area contributed by atoms with Gasteiger partial charge in [-0.1, -0.05) is 0 Å². The standard InChI is InChI=1S/C16H30N2O3/c1-11(2)18(14-9-20-10-14)8-7-13-5-6-15(17-13)16(19)21-12(3)4/h11-15,17H,5-10H2,1-4H3. The molecule has 21 heavy (non-hydrogen) atoms. The molecule has 122 valence electrons. The summed E-state index contributed by atoms with van der Waals surface area (Å²) in [5.74, 6) is -0.0967. The van der Waals surface area contributed by atoms with E-state index in [-0.39, 0.29) is 18.1 Å². The molecule has 2 atom stereocenters. The molecule has 0 aromatic heterocycles. The van der Waals surface area contributed by atoms with Crippen LogP contribution in [0, 0.1) is 0 Å². The van der Waals surface area contributed by atoms with Crippen LogP contribution in [0.5, 0.6) is 0 Å². The van der Waals surface area contributed by atoms with Crippen molar-refractivity contribution in [2.45, 2.75) is 77.2 Å². The molecule has 2 fully saturated rings. The van der Waals surface area contributed by atoms with Gasteiger partial charge in [-0.15, -0.1) is 0 Å². The molecule has 5 nitrogen and oxygen atoms in total. The van der Waals surface area contributed by atoms with E-state index in [4.69, 9.17) is 9.47 Å². The summed E-state index contributed by atoms with van der Waals surface area (Å²) in [7, 11) is 0. The summed E-state index contributed by atoms with van der Waals surface area (Å²) in [6.07, 6.45) is 3.00. The first-order valence-electron chi connectivity index (χ1n) is 8.27. The van der Waals surface area contributed by atoms with Crippen molar-refractivity contribution in [1.82, 2.24) is 10.2 Å². The number of carbonyl (C=O) groups is 1. The number of rotatable bonds is 7. The highest BCUT2D eigenvalue weighted by Crippen LogP contribution is 2.20. The van der Waals surface area contributed by atoms with Crippen molar-refractivity contribution in [2.24, 2.45) is 0 Å². The van der Waals surface area contributed by atoms with Gasteiger partial charge in [-0.3, -0.25) is 9.69 Å². The lowest BCUT2D eigenvalue weighted by Gasteiger charge is -2.40. The third-order valence-corrected chi connectivity index (χ3v) is 4.37. The summed E-state index contributed by atoms with van der Waals surface area (Å²) < 4.78 is 10.6. The van der Waals surface area contributed by atoms with Crippen molar-refractivity contribution in [3.05, 3.63) is 0 Å². The first-order valence-corrected chi connectivity index (χ1v) is 8.27. The van der Waals surface area contributed by atoms with E-state index in [1.807, 2.05) is 13.8 Å². The van der Waals surface area contributed by atoms with Gasteiger partial charge in [0, 0.05) is 18.6 Å². The van der Waals surface area contributed by atoms with Crippen molar-refractivity contribution in [1.29, 1.82) is 0 Å². The molecule has 0 amide bonds. The highest BCUT2D eigenvalue weighted by atomic mass is 16.5. The maximum Gasteiger partial charge on any atom is 0.323 e. The highest BCUT2D eigenvalue weighted by molar-refractivity contribution is 5.76. The Morgan fingerprint density at radius 1 is 1.29 bits per heavy atom. The van der Waals surface area contributed by atoms with E-state index in [1.165, 1.54) is 0 Å². The minimum Gasteiger partial charge on any atom is -0.462 e. The second-order valence-corrected chi connectivity index (χ2v) is 6.79. The number of nitrogens with one attached hydrogen (secondary N) is 1. The van der Waals surface area contributed by atoms with Gasteiger partial charge in [0.2, 0.25) is 0 Å². The van der Waals surface area contributed by atoms with E-state index in [2.05, 4.69) is 24.1 Å². The van der Waals surface area contributed by atoms with Crippen LogP contribution in [-0.4, -0.2) is 60.9 Å². The fraction of sp³-hybridized carbons (Fsp3) is 0.938. The molecule has 2 saturated heterocycles. The molecular formula is C16H30N2O3. The van der Waals surface area contributed by atoms with Crippen LogP contribution in [0.1, 0.15) is 47.0 Å². The van der Waals surface area contributed by atoms with Crippen LogP contribution in [0.4, 0.5) is 0 Å². The van der Waals surface area contributed by atoms with Crippen molar-refractivity contribution in [3.63, 3.8) is 0 Å². The molecular weight excluding hydrogens is 268 g/mol. The van der Waals surface area contributed by atoms with Crippen LogP contribution in [0.25, 0.3) is 0 Å². The molecule has 0 saturated carbocycles. The van der Waals surface area contributed by atoms with Gasteiger partial charge in [0.1, 0.15) is 6.04 Å². The van der Waals surface area contributed by atoms with E-state index in [0.717, 1.165) is 39.0 Å². The zero-order chi connectivity index (χ0) is 15.4. The average Bonchev–Trinajstić information content (AvgIpc) is 2.79. The normalized spacial score (nSPS) is 26.6. The third-order valence-electron chi connectivity index (χ3n) is 4.37. The predicted octanol–water partition coefficient (Wildman–Crippen LogP) is 1.56. The molecule has 2 aliphatic heterocycles. The minimum atomic E-state index is -0.114. The Balaban J connectivity index is 1.73. The Bertz CT molecular complexity index is 342. The second-order valence-electron chi connectivity index (χ2n) is 6.79. The molecule has 0 aromatic rings. The van der Waals surface area contributed by atoms with Gasteiger partial charge in [0.15, 0.2) is 0 Å². The molecule has 5 heteroatoms. The zero-order valence-electron chi connectivity index (χ0n) is 13.8.